The summed E-state index contributed by atoms with van der Waals surface area (Å²) in [6, 6.07) is 4.11. The van der Waals surface area contributed by atoms with Crippen molar-refractivity contribution in [3.05, 3.63) is 29.6 Å². The second kappa shape index (κ2) is 6.87. The predicted octanol–water partition coefficient (Wildman–Crippen LogP) is 2.28. The van der Waals surface area contributed by atoms with E-state index in [2.05, 4.69) is 0 Å². The van der Waals surface area contributed by atoms with Crippen molar-refractivity contribution in [2.24, 2.45) is 0 Å². The number of ketones is 1. The van der Waals surface area contributed by atoms with Crippen molar-refractivity contribution >= 4 is 11.7 Å². The average molecular weight is 267 g/mol. The molecule has 0 aliphatic heterocycles. The summed E-state index contributed by atoms with van der Waals surface area (Å²) in [5, 5.41) is 0. The molecule has 0 saturated carbocycles. The number of carbonyl (C=O) groups excluding carboxylic acids is 2. The Balaban J connectivity index is 2.54. The molecule has 4 nitrogen and oxygen atoms in total. The minimum absolute atomic E-state index is 0.0197. The molecule has 0 unspecified atom stereocenters. The van der Waals surface area contributed by atoms with Crippen molar-refractivity contribution in [2.75, 3.05) is 21.2 Å². The van der Waals surface area contributed by atoms with Crippen LogP contribution in [0.3, 0.4) is 0 Å². The fourth-order valence-corrected chi connectivity index (χ4v) is 1.61. The van der Waals surface area contributed by atoms with E-state index in [1.165, 1.54) is 24.1 Å². The Morgan fingerprint density at radius 1 is 1.26 bits per heavy atom. The van der Waals surface area contributed by atoms with Gasteiger partial charge in [0.2, 0.25) is 5.91 Å². The Bertz CT molecular complexity index is 472. The van der Waals surface area contributed by atoms with Gasteiger partial charge in [-0.05, 0) is 24.6 Å². The Kier molecular flexibility index (Phi) is 5.48. The predicted molar refractivity (Wildman–Crippen MR) is 69.8 cm³/mol. The number of halogens is 1. The van der Waals surface area contributed by atoms with Gasteiger partial charge in [0.15, 0.2) is 17.3 Å². The van der Waals surface area contributed by atoms with Crippen molar-refractivity contribution < 1.29 is 18.7 Å². The molecule has 0 spiro atoms. The van der Waals surface area contributed by atoms with E-state index in [0.29, 0.717) is 18.4 Å². The molecule has 0 N–H and O–H groups in total. The van der Waals surface area contributed by atoms with Crippen LogP contribution in [0.4, 0.5) is 4.39 Å². The second-order valence-electron chi connectivity index (χ2n) is 4.41. The molecule has 0 fully saturated rings. The molecule has 0 radical (unpaired) electrons. The molecule has 0 heterocycles. The van der Waals surface area contributed by atoms with Gasteiger partial charge in [0.1, 0.15) is 0 Å². The van der Waals surface area contributed by atoms with Gasteiger partial charge in [-0.2, -0.15) is 0 Å². The minimum Gasteiger partial charge on any atom is -0.494 e. The first-order chi connectivity index (χ1) is 8.95. The van der Waals surface area contributed by atoms with Crippen LogP contribution in [-0.4, -0.2) is 37.8 Å². The highest BCUT2D eigenvalue weighted by Crippen LogP contribution is 2.19. The molecular weight excluding hydrogens is 249 g/mol. The van der Waals surface area contributed by atoms with Gasteiger partial charge in [-0.3, -0.25) is 9.59 Å². The molecule has 0 aromatic heterocycles. The summed E-state index contributed by atoms with van der Waals surface area (Å²) in [5.74, 6) is -0.640. The molecule has 0 aliphatic rings. The first-order valence-corrected chi connectivity index (χ1v) is 6.02. The smallest absolute Gasteiger partial charge is 0.222 e. The zero-order valence-electron chi connectivity index (χ0n) is 11.4. The molecule has 0 bridgehead atoms. The van der Waals surface area contributed by atoms with Gasteiger partial charge in [-0.1, -0.05) is 0 Å². The summed E-state index contributed by atoms with van der Waals surface area (Å²) < 4.78 is 18.2. The summed E-state index contributed by atoms with van der Waals surface area (Å²) in [7, 11) is 4.71. The van der Waals surface area contributed by atoms with Crippen LogP contribution >= 0.6 is 0 Å². The molecule has 0 saturated heterocycles. The van der Waals surface area contributed by atoms with Gasteiger partial charge < -0.3 is 9.64 Å². The monoisotopic (exact) mass is 267 g/mol. The van der Waals surface area contributed by atoms with E-state index in [9.17, 15) is 14.0 Å². The number of benzene rings is 1. The summed E-state index contributed by atoms with van der Waals surface area (Å²) in [6.07, 6.45) is 1.01. The molecule has 1 aromatic rings. The second-order valence-corrected chi connectivity index (χ2v) is 4.41. The largest absolute Gasteiger partial charge is 0.494 e. The minimum atomic E-state index is -0.558. The molecule has 19 heavy (non-hydrogen) atoms. The summed E-state index contributed by atoms with van der Waals surface area (Å²) in [4.78, 5) is 24.6. The van der Waals surface area contributed by atoms with Crippen LogP contribution in [0.15, 0.2) is 18.2 Å². The highest BCUT2D eigenvalue weighted by Gasteiger charge is 2.11. The number of amides is 1. The summed E-state index contributed by atoms with van der Waals surface area (Å²) >= 11 is 0. The lowest BCUT2D eigenvalue weighted by atomic mass is 10.0. The summed E-state index contributed by atoms with van der Waals surface area (Å²) in [5.41, 5.74) is 0.301. The van der Waals surface area contributed by atoms with Crippen LogP contribution in [0, 0.1) is 5.82 Å². The fourth-order valence-electron chi connectivity index (χ4n) is 1.61. The van der Waals surface area contributed by atoms with E-state index in [0.717, 1.165) is 6.07 Å². The third-order valence-electron chi connectivity index (χ3n) is 2.77. The summed E-state index contributed by atoms with van der Waals surface area (Å²) in [6.45, 7) is 0. The molecule has 0 atom stereocenters. The molecule has 0 aliphatic carbocycles. The van der Waals surface area contributed by atoms with E-state index in [1.807, 2.05) is 0 Å². The van der Waals surface area contributed by atoms with Crippen LogP contribution in [-0.2, 0) is 4.79 Å². The molecular formula is C14H18FNO3. The molecule has 1 amide bonds. The first-order valence-electron chi connectivity index (χ1n) is 6.02. The zero-order chi connectivity index (χ0) is 14.4. The van der Waals surface area contributed by atoms with Gasteiger partial charge in [-0.25, -0.2) is 4.39 Å². The molecule has 1 aromatic carbocycles. The van der Waals surface area contributed by atoms with Crippen LogP contribution in [0.2, 0.25) is 0 Å². The number of rotatable bonds is 6. The number of ether oxygens (including phenoxy) is 1. The lowest BCUT2D eigenvalue weighted by molar-refractivity contribution is -0.128. The first kappa shape index (κ1) is 15.1. The van der Waals surface area contributed by atoms with Gasteiger partial charge in [0, 0.05) is 32.5 Å². The maximum Gasteiger partial charge on any atom is 0.222 e. The Hall–Kier alpha value is -1.91. The van der Waals surface area contributed by atoms with E-state index in [4.69, 9.17) is 4.74 Å². The van der Waals surface area contributed by atoms with Gasteiger partial charge >= 0.3 is 0 Å². The Labute approximate surface area is 112 Å². The normalized spacial score (nSPS) is 10.1. The van der Waals surface area contributed by atoms with E-state index < -0.39 is 5.82 Å². The van der Waals surface area contributed by atoms with Crippen LogP contribution in [0.5, 0.6) is 5.75 Å². The standard InChI is InChI=1S/C14H18FNO3/c1-16(2)14(18)6-4-5-12(17)10-7-8-13(19-3)11(15)9-10/h7-9H,4-6H2,1-3H3. The lowest BCUT2D eigenvalue weighted by Crippen LogP contribution is -2.21. The number of methoxy groups -OCH3 is 1. The number of hydrogen-bond acceptors (Lipinski definition) is 3. The molecule has 1 rings (SSSR count). The third-order valence-corrected chi connectivity index (χ3v) is 2.77. The highest BCUT2D eigenvalue weighted by molar-refractivity contribution is 5.96. The maximum absolute atomic E-state index is 13.4. The van der Waals surface area contributed by atoms with Crippen molar-refractivity contribution in [1.82, 2.24) is 4.90 Å². The zero-order valence-corrected chi connectivity index (χ0v) is 11.4. The Morgan fingerprint density at radius 2 is 1.95 bits per heavy atom. The Morgan fingerprint density at radius 3 is 2.47 bits per heavy atom. The lowest BCUT2D eigenvalue weighted by Gasteiger charge is -2.09. The number of nitrogens with zero attached hydrogens (tertiary/aromatic N) is 1. The highest BCUT2D eigenvalue weighted by atomic mass is 19.1. The van der Waals surface area contributed by atoms with Crippen LogP contribution < -0.4 is 4.74 Å². The number of Topliss-reactive ketones (excluding diaryl/α,β-unsaturated/α-hetero) is 1. The topological polar surface area (TPSA) is 46.6 Å². The van der Waals surface area contributed by atoms with Gasteiger partial charge in [0.25, 0.3) is 0 Å². The van der Waals surface area contributed by atoms with Gasteiger partial charge in [0.05, 0.1) is 7.11 Å². The van der Waals surface area contributed by atoms with E-state index in [-0.39, 0.29) is 23.9 Å². The SMILES string of the molecule is COc1ccc(C(=O)CCCC(=O)N(C)C)cc1F. The van der Waals surface area contributed by atoms with E-state index in [1.54, 1.807) is 14.1 Å². The van der Waals surface area contributed by atoms with Crippen molar-refractivity contribution in [1.29, 1.82) is 0 Å². The molecule has 104 valence electrons. The number of carbonyl (C=O) groups is 2. The third kappa shape index (κ3) is 4.35. The number of hydrogen-bond donors (Lipinski definition) is 0. The average Bonchev–Trinajstić information content (AvgIpc) is 2.38. The van der Waals surface area contributed by atoms with Crippen molar-refractivity contribution in [3.63, 3.8) is 0 Å². The van der Waals surface area contributed by atoms with Crippen molar-refractivity contribution in [2.45, 2.75) is 19.3 Å². The van der Waals surface area contributed by atoms with Crippen molar-refractivity contribution in [3.8, 4) is 5.75 Å². The maximum atomic E-state index is 13.4. The van der Waals surface area contributed by atoms with Crippen LogP contribution in [0.1, 0.15) is 29.6 Å². The molecule has 5 heteroatoms. The van der Waals surface area contributed by atoms with Crippen LogP contribution in [0.25, 0.3) is 0 Å². The quantitative estimate of drug-likeness (QED) is 0.743. The van der Waals surface area contributed by atoms with E-state index >= 15 is 0 Å². The fraction of sp³-hybridized carbons (Fsp3) is 0.429. The van der Waals surface area contributed by atoms with Gasteiger partial charge in [-0.15, -0.1) is 0 Å².